The van der Waals surface area contributed by atoms with Gasteiger partial charge in [0.2, 0.25) is 11.8 Å². The molecule has 2 atom stereocenters. The van der Waals surface area contributed by atoms with Crippen LogP contribution in [0.5, 0.6) is 0 Å². The zero-order chi connectivity index (χ0) is 15.2. The number of hydrogen-bond donors (Lipinski definition) is 1. The first-order chi connectivity index (χ1) is 10.1. The summed E-state index contributed by atoms with van der Waals surface area (Å²) in [5.41, 5.74) is 1.05. The Hall–Kier alpha value is -1.88. The number of rotatable bonds is 6. The Labute approximate surface area is 125 Å². The Morgan fingerprint density at radius 3 is 2.71 bits per heavy atom. The molecule has 0 radical (unpaired) electrons. The summed E-state index contributed by atoms with van der Waals surface area (Å²) >= 11 is 0. The molecular formula is C16H22N2O3. The maximum absolute atomic E-state index is 12.2. The van der Waals surface area contributed by atoms with Crippen molar-refractivity contribution in [2.75, 3.05) is 20.3 Å². The van der Waals surface area contributed by atoms with Crippen molar-refractivity contribution < 1.29 is 14.3 Å². The van der Waals surface area contributed by atoms with E-state index in [4.69, 9.17) is 4.74 Å². The molecule has 1 heterocycles. The number of nitrogens with zero attached hydrogens (tertiary/aromatic N) is 1. The smallest absolute Gasteiger partial charge is 0.243 e. The third-order valence-electron chi connectivity index (χ3n) is 3.83. The fraction of sp³-hybridized carbons (Fsp3) is 0.500. The van der Waals surface area contributed by atoms with Gasteiger partial charge >= 0.3 is 0 Å². The molecule has 0 bridgehead atoms. The van der Waals surface area contributed by atoms with Crippen molar-refractivity contribution in [3.05, 3.63) is 35.9 Å². The zero-order valence-corrected chi connectivity index (χ0v) is 12.5. The van der Waals surface area contributed by atoms with Crippen molar-refractivity contribution >= 4 is 11.8 Å². The van der Waals surface area contributed by atoms with E-state index in [0.29, 0.717) is 13.0 Å². The maximum Gasteiger partial charge on any atom is 0.243 e. The van der Waals surface area contributed by atoms with Crippen LogP contribution < -0.4 is 5.32 Å². The lowest BCUT2D eigenvalue weighted by Crippen LogP contribution is -2.61. The van der Waals surface area contributed by atoms with Crippen LogP contribution in [0.3, 0.4) is 0 Å². The van der Waals surface area contributed by atoms with Crippen molar-refractivity contribution in [1.29, 1.82) is 0 Å². The van der Waals surface area contributed by atoms with E-state index in [-0.39, 0.29) is 24.4 Å². The zero-order valence-electron chi connectivity index (χ0n) is 12.5. The second-order valence-electron chi connectivity index (χ2n) is 5.35. The van der Waals surface area contributed by atoms with Gasteiger partial charge in [0.05, 0.1) is 6.54 Å². The molecule has 5 heteroatoms. The summed E-state index contributed by atoms with van der Waals surface area (Å²) in [6.07, 6.45) is 1.26. The molecule has 2 amide bonds. The minimum absolute atomic E-state index is 0.0165. The first-order valence-electron chi connectivity index (χ1n) is 7.25. The molecule has 1 N–H and O–H groups in total. The highest BCUT2D eigenvalue weighted by atomic mass is 16.5. The van der Waals surface area contributed by atoms with Crippen LogP contribution in [0, 0.1) is 0 Å². The molecule has 1 aliphatic heterocycles. The van der Waals surface area contributed by atoms with Gasteiger partial charge in [-0.15, -0.1) is 0 Å². The highest BCUT2D eigenvalue weighted by Gasteiger charge is 2.36. The first-order valence-corrected chi connectivity index (χ1v) is 7.25. The first kappa shape index (κ1) is 15.5. The van der Waals surface area contributed by atoms with Gasteiger partial charge < -0.3 is 15.0 Å². The van der Waals surface area contributed by atoms with E-state index < -0.39 is 6.04 Å². The average molecular weight is 290 g/mol. The van der Waals surface area contributed by atoms with E-state index >= 15 is 0 Å². The quantitative estimate of drug-likeness (QED) is 0.849. The summed E-state index contributed by atoms with van der Waals surface area (Å²) < 4.78 is 5.08. The number of nitrogens with one attached hydrogen (secondary N) is 1. The van der Waals surface area contributed by atoms with Gasteiger partial charge in [-0.2, -0.15) is 0 Å². The molecule has 114 valence electrons. The molecule has 1 aromatic carbocycles. The summed E-state index contributed by atoms with van der Waals surface area (Å²) in [6, 6.07) is 9.31. The van der Waals surface area contributed by atoms with Crippen LogP contribution in [0.25, 0.3) is 0 Å². The second kappa shape index (κ2) is 7.22. The molecule has 0 saturated carbocycles. The molecule has 1 aromatic rings. The lowest BCUT2D eigenvalue weighted by Gasteiger charge is -2.39. The lowest BCUT2D eigenvalue weighted by molar-refractivity contribution is -0.148. The van der Waals surface area contributed by atoms with Crippen LogP contribution in [0.2, 0.25) is 0 Å². The summed E-state index contributed by atoms with van der Waals surface area (Å²) in [7, 11) is 1.64. The Bertz CT molecular complexity index is 490. The molecule has 1 fully saturated rings. The van der Waals surface area contributed by atoms with Gasteiger partial charge in [0.25, 0.3) is 0 Å². The monoisotopic (exact) mass is 290 g/mol. The van der Waals surface area contributed by atoms with Gasteiger partial charge in [-0.3, -0.25) is 9.59 Å². The van der Waals surface area contributed by atoms with Gasteiger partial charge in [0, 0.05) is 26.2 Å². The number of ether oxygens (including phenoxy) is 1. The number of amides is 2. The third kappa shape index (κ3) is 3.82. The van der Waals surface area contributed by atoms with Crippen molar-refractivity contribution in [3.63, 3.8) is 0 Å². The highest BCUT2D eigenvalue weighted by Crippen LogP contribution is 2.17. The Balaban J connectivity index is 2.15. The van der Waals surface area contributed by atoms with Crippen LogP contribution in [-0.2, 0) is 20.7 Å². The molecule has 21 heavy (non-hydrogen) atoms. The summed E-state index contributed by atoms with van der Waals surface area (Å²) in [4.78, 5) is 26.1. The summed E-state index contributed by atoms with van der Waals surface area (Å²) in [6.45, 7) is 2.62. The average Bonchev–Trinajstić information content (AvgIpc) is 2.50. The number of carbonyl (C=O) groups excluding carboxylic acids is 2. The van der Waals surface area contributed by atoms with Gasteiger partial charge in [0.15, 0.2) is 0 Å². The van der Waals surface area contributed by atoms with Crippen molar-refractivity contribution in [3.8, 4) is 0 Å². The Morgan fingerprint density at radius 1 is 1.33 bits per heavy atom. The molecule has 0 aromatic heterocycles. The largest absolute Gasteiger partial charge is 0.385 e. The number of benzene rings is 1. The molecule has 1 aliphatic rings. The standard InChI is InChI=1S/C16H22N2O3/c1-12(8-9-21-2)18-14(16(20)17-11-15(18)19)10-13-6-4-3-5-7-13/h3-7,12,14H,8-11H2,1-2H3,(H,17,20). The molecule has 2 rings (SSSR count). The highest BCUT2D eigenvalue weighted by molar-refractivity contribution is 5.95. The topological polar surface area (TPSA) is 58.6 Å². The Kier molecular flexibility index (Phi) is 5.33. The van der Waals surface area contributed by atoms with Crippen LogP contribution in [0.1, 0.15) is 18.9 Å². The minimum atomic E-state index is -0.444. The van der Waals surface area contributed by atoms with Gasteiger partial charge in [-0.25, -0.2) is 0 Å². The van der Waals surface area contributed by atoms with Gasteiger partial charge in [-0.05, 0) is 18.9 Å². The van der Waals surface area contributed by atoms with E-state index in [1.807, 2.05) is 37.3 Å². The van der Waals surface area contributed by atoms with Gasteiger partial charge in [0.1, 0.15) is 6.04 Å². The molecule has 5 nitrogen and oxygen atoms in total. The predicted molar refractivity (Wildman–Crippen MR) is 79.7 cm³/mol. The number of hydrogen-bond acceptors (Lipinski definition) is 3. The van der Waals surface area contributed by atoms with Crippen LogP contribution >= 0.6 is 0 Å². The van der Waals surface area contributed by atoms with E-state index in [1.165, 1.54) is 0 Å². The van der Waals surface area contributed by atoms with Crippen molar-refractivity contribution in [2.24, 2.45) is 0 Å². The minimum Gasteiger partial charge on any atom is -0.385 e. The number of methoxy groups -OCH3 is 1. The second-order valence-corrected chi connectivity index (χ2v) is 5.35. The van der Waals surface area contributed by atoms with E-state index in [0.717, 1.165) is 12.0 Å². The summed E-state index contributed by atoms with van der Waals surface area (Å²) in [5.74, 6) is -0.109. The van der Waals surface area contributed by atoms with Crippen LogP contribution in [0.15, 0.2) is 30.3 Å². The number of carbonyl (C=O) groups is 2. The fourth-order valence-corrected chi connectivity index (χ4v) is 2.68. The number of piperazine rings is 1. The van der Waals surface area contributed by atoms with Gasteiger partial charge in [-0.1, -0.05) is 30.3 Å². The molecule has 0 aliphatic carbocycles. The van der Waals surface area contributed by atoms with Crippen LogP contribution in [0.4, 0.5) is 0 Å². The Morgan fingerprint density at radius 2 is 2.05 bits per heavy atom. The fourth-order valence-electron chi connectivity index (χ4n) is 2.68. The summed E-state index contributed by atoms with van der Waals surface area (Å²) in [5, 5.41) is 2.68. The normalized spacial score (nSPS) is 20.3. The predicted octanol–water partition coefficient (Wildman–Crippen LogP) is 0.981. The van der Waals surface area contributed by atoms with E-state index in [1.54, 1.807) is 12.0 Å². The van der Waals surface area contributed by atoms with E-state index in [2.05, 4.69) is 5.32 Å². The molecular weight excluding hydrogens is 268 g/mol. The molecule has 2 unspecified atom stereocenters. The molecule has 0 spiro atoms. The third-order valence-corrected chi connectivity index (χ3v) is 3.83. The maximum atomic E-state index is 12.2. The lowest BCUT2D eigenvalue weighted by atomic mass is 9.99. The molecule has 1 saturated heterocycles. The van der Waals surface area contributed by atoms with Crippen molar-refractivity contribution in [1.82, 2.24) is 10.2 Å². The van der Waals surface area contributed by atoms with E-state index in [9.17, 15) is 9.59 Å². The van der Waals surface area contributed by atoms with Crippen molar-refractivity contribution in [2.45, 2.75) is 31.8 Å². The van der Waals surface area contributed by atoms with Crippen LogP contribution in [-0.4, -0.2) is 49.1 Å². The SMILES string of the molecule is COCCC(C)N1C(=O)CNC(=O)C1Cc1ccccc1.